The molecule has 2 atom stereocenters. The summed E-state index contributed by atoms with van der Waals surface area (Å²) in [5.41, 5.74) is -10.7. The molecule has 3 aliphatic rings. The van der Waals surface area contributed by atoms with Crippen LogP contribution < -0.4 is 15.5 Å². The average Bonchev–Trinajstić information content (AvgIpc) is 3.94. The molecule has 2 amide bonds. The molecule has 24 heteroatoms. The summed E-state index contributed by atoms with van der Waals surface area (Å²) < 4.78 is 0.279. The van der Waals surface area contributed by atoms with E-state index in [1.165, 1.54) is 48.5 Å². The summed E-state index contributed by atoms with van der Waals surface area (Å²) in [6, 6.07) is 15.1. The van der Waals surface area contributed by atoms with Gasteiger partial charge in [-0.3, -0.25) is 0 Å². The van der Waals surface area contributed by atoms with Gasteiger partial charge in [-0.15, -0.1) is 0 Å². The van der Waals surface area contributed by atoms with E-state index < -0.39 is 133 Å². The van der Waals surface area contributed by atoms with Crippen LogP contribution in [0.15, 0.2) is 88.8 Å². The number of nitrogens with one attached hydrogen (secondary N) is 3. The molecule has 5 heterocycles. The fraction of sp³-hybridized carbons (Fsp3) is 0.0500. The number of aromatic amines is 1. The van der Waals surface area contributed by atoms with E-state index >= 15 is 0 Å². The third-order valence-electron chi connectivity index (χ3n) is 11.0. The molecule has 0 saturated carbocycles. The molecule has 24 nitrogen and oxygen atoms in total. The summed E-state index contributed by atoms with van der Waals surface area (Å²) in [5, 5.41) is 90.4. The fourth-order valence-corrected chi connectivity index (χ4v) is 8.56. The van der Waals surface area contributed by atoms with E-state index in [4.69, 9.17) is 0 Å². The van der Waals surface area contributed by atoms with Crippen LogP contribution in [-0.4, -0.2) is 115 Å². The highest BCUT2D eigenvalue weighted by Gasteiger charge is 2.64. The van der Waals surface area contributed by atoms with Gasteiger partial charge in [0.25, 0.3) is 11.3 Å². The molecule has 4 aromatic carbocycles. The zero-order valence-electron chi connectivity index (χ0n) is 31.6. The maximum Gasteiger partial charge on any atom is 0.418 e. The Morgan fingerprint density at radius 2 is 1.17 bits per heavy atom. The second kappa shape index (κ2) is 13.4. The van der Waals surface area contributed by atoms with Crippen LogP contribution in [0, 0.1) is 0 Å². The summed E-state index contributed by atoms with van der Waals surface area (Å²) in [5.74, 6) is -13.6. The van der Waals surface area contributed by atoms with Crippen molar-refractivity contribution in [3.05, 3.63) is 118 Å². The quantitative estimate of drug-likeness (QED) is 0.111. The monoisotopic (exact) mass is 872 g/mol. The molecule has 64 heavy (non-hydrogen) atoms. The Kier molecular flexibility index (Phi) is 8.30. The van der Waals surface area contributed by atoms with Gasteiger partial charge in [0.1, 0.15) is 23.3 Å². The number of aliphatic carboxylic acids is 2. The first-order chi connectivity index (χ1) is 30.4. The third kappa shape index (κ3) is 5.09. The molecule has 8 bridgehead atoms. The van der Waals surface area contributed by atoms with E-state index in [1.807, 2.05) is 0 Å². The lowest BCUT2D eigenvalue weighted by atomic mass is 9.91. The van der Waals surface area contributed by atoms with E-state index in [9.17, 15) is 79.2 Å². The second-order valence-corrected chi connectivity index (χ2v) is 14.2. The number of H-pyrrole nitrogens is 1. The molecular formula is C40H24N8O16. The van der Waals surface area contributed by atoms with E-state index in [2.05, 4.69) is 25.6 Å². The minimum absolute atomic E-state index is 0.0338. The number of fused-ring (bicyclic) bond motifs is 19. The van der Waals surface area contributed by atoms with Crippen LogP contribution >= 0.6 is 0 Å². The maximum atomic E-state index is 14.1. The Labute approximate surface area is 352 Å². The van der Waals surface area contributed by atoms with Gasteiger partial charge in [0.2, 0.25) is 0 Å². The molecule has 0 aliphatic carbocycles. The number of amidine groups is 2. The Morgan fingerprint density at radius 3 is 1.77 bits per heavy atom. The number of carbonyl (C=O) groups is 8. The number of hydrogen-bond donors (Lipinski definition) is 11. The molecule has 0 fully saturated rings. The predicted octanol–water partition coefficient (Wildman–Crippen LogP) is 4.77. The van der Waals surface area contributed by atoms with Crippen molar-refractivity contribution < 1.29 is 79.2 Å². The second-order valence-electron chi connectivity index (χ2n) is 14.2. The lowest BCUT2D eigenvalue weighted by molar-refractivity contribution is -0.148. The number of carboxylic acid groups (broad SMARTS) is 8. The number of nitrogens with zero attached hydrogens (tertiary/aromatic N) is 5. The van der Waals surface area contributed by atoms with Gasteiger partial charge < -0.3 is 56.5 Å². The minimum atomic E-state index is -3.42. The van der Waals surface area contributed by atoms with Crippen LogP contribution in [0.2, 0.25) is 0 Å². The number of benzene rings is 4. The van der Waals surface area contributed by atoms with Crippen molar-refractivity contribution >= 4 is 105 Å². The maximum absolute atomic E-state index is 14.1. The lowest BCUT2D eigenvalue weighted by Gasteiger charge is -2.40. The first-order valence-electron chi connectivity index (χ1n) is 18.1. The van der Waals surface area contributed by atoms with E-state index in [1.54, 1.807) is 0 Å². The highest BCUT2D eigenvalue weighted by atomic mass is 16.4. The molecular weight excluding hydrogens is 848 g/mol. The summed E-state index contributed by atoms with van der Waals surface area (Å²) >= 11 is 0. The van der Waals surface area contributed by atoms with Gasteiger partial charge in [-0.05, 0) is 18.2 Å². The summed E-state index contributed by atoms with van der Waals surface area (Å²) in [7, 11) is 0. The van der Waals surface area contributed by atoms with Crippen LogP contribution in [0.1, 0.15) is 53.3 Å². The van der Waals surface area contributed by atoms with Crippen LogP contribution in [0.4, 0.5) is 37.7 Å². The van der Waals surface area contributed by atoms with Gasteiger partial charge in [-0.1, -0.05) is 60.7 Å². The Balaban J connectivity index is 1.54. The average molecular weight is 873 g/mol. The number of rotatable bonds is 5. The van der Waals surface area contributed by atoms with Crippen molar-refractivity contribution in [2.24, 2.45) is 9.98 Å². The lowest BCUT2D eigenvalue weighted by Crippen LogP contribution is -2.64. The van der Waals surface area contributed by atoms with Gasteiger partial charge in [0.05, 0.1) is 16.7 Å². The number of anilines is 3. The largest absolute Gasteiger partial charge is 0.478 e. The molecule has 0 radical (unpaired) electrons. The minimum Gasteiger partial charge on any atom is -0.478 e. The van der Waals surface area contributed by atoms with E-state index in [0.717, 1.165) is 24.3 Å². The molecule has 2 unspecified atom stereocenters. The van der Waals surface area contributed by atoms with Crippen molar-refractivity contribution in [3.8, 4) is 0 Å². The SMILES string of the molecule is O=C(O)c1cc2c3n(C(=O)O)c(c2cc1C(=O)O)NC1=NC(C(=O)O)(Nc2[nH]c(c4ccccc24)N(C(=O)O)C2(C(=O)O)c4ccccc4/C(=N/3)N2C(=O)O)c2c(C(=O)O)cccc21. The number of aliphatic imine (C=N–C) groups is 2. The van der Waals surface area contributed by atoms with Crippen molar-refractivity contribution in [2.45, 2.75) is 11.3 Å². The van der Waals surface area contributed by atoms with Crippen LogP contribution in [0.5, 0.6) is 0 Å². The molecule has 320 valence electrons. The summed E-state index contributed by atoms with van der Waals surface area (Å²) in [4.78, 5) is 118. The predicted molar refractivity (Wildman–Crippen MR) is 216 cm³/mol. The normalized spacial score (nSPS) is 19.1. The van der Waals surface area contributed by atoms with Crippen molar-refractivity contribution in [2.75, 3.05) is 15.5 Å². The smallest absolute Gasteiger partial charge is 0.418 e. The van der Waals surface area contributed by atoms with Crippen LogP contribution in [0.25, 0.3) is 21.5 Å². The Morgan fingerprint density at radius 1 is 0.578 bits per heavy atom. The molecule has 11 N–H and O–H groups in total. The van der Waals surface area contributed by atoms with Crippen molar-refractivity contribution in [1.29, 1.82) is 0 Å². The summed E-state index contributed by atoms with van der Waals surface area (Å²) in [6.45, 7) is 0. The number of carboxylic acids is 5. The van der Waals surface area contributed by atoms with Gasteiger partial charge >= 0.3 is 48.1 Å². The first kappa shape index (κ1) is 39.7. The van der Waals surface area contributed by atoms with Crippen molar-refractivity contribution in [3.63, 3.8) is 0 Å². The van der Waals surface area contributed by atoms with Crippen LogP contribution in [0.3, 0.4) is 0 Å². The third-order valence-corrected chi connectivity index (χ3v) is 11.0. The molecule has 6 aromatic rings. The first-order valence-corrected chi connectivity index (χ1v) is 18.1. The highest BCUT2D eigenvalue weighted by Crippen LogP contribution is 2.50. The molecule has 0 spiro atoms. The molecule has 0 saturated heterocycles. The fourth-order valence-electron chi connectivity index (χ4n) is 8.56. The molecule has 2 aromatic heterocycles. The number of aromatic nitrogens is 2. The van der Waals surface area contributed by atoms with E-state index in [0.29, 0.717) is 6.07 Å². The van der Waals surface area contributed by atoms with E-state index in [-0.39, 0.29) is 36.3 Å². The topological polar surface area (TPSA) is 374 Å². The van der Waals surface area contributed by atoms with Gasteiger partial charge in [-0.25, -0.2) is 62.7 Å². The summed E-state index contributed by atoms with van der Waals surface area (Å²) in [6.07, 6.45) is -6.26. The number of hydrogen-bond acceptors (Lipinski definition) is 12. The molecule has 9 rings (SSSR count). The number of amides is 2. The Hall–Kier alpha value is -9.74. The zero-order chi connectivity index (χ0) is 45.9. The highest BCUT2D eigenvalue weighted by molar-refractivity contribution is 6.24. The standard InChI is InChI=1S/C40H24N8O16/c49-31(50)18-10-5-9-17-24(18)39(34(55)56)44-25-14-6-1-2-7-15(14)29(42-25)47(37(61)62)40(35(57)58)23-11-4-3-8-16(23)30(48(40)38(63)64)43-28-20-13-22(33(53)54)21(32(51)52)12-19(20)27(41-26(17)45-39)46(28)36(59)60/h1-13,42,44H,(H,41,45)(H,49,50)(H,51,52)(H,53,54)(H,55,56)(H,57,58)(H,59,60)(H,61,62)(H,63,64)/b43-30-. The zero-order valence-corrected chi connectivity index (χ0v) is 31.6. The number of aromatic carboxylic acids is 3. The van der Waals surface area contributed by atoms with Gasteiger partial charge in [-0.2, -0.15) is 0 Å². The van der Waals surface area contributed by atoms with Crippen molar-refractivity contribution in [1.82, 2.24) is 14.5 Å². The Bertz CT molecular complexity index is 3310. The van der Waals surface area contributed by atoms with Gasteiger partial charge in [0.15, 0.2) is 11.7 Å². The van der Waals surface area contributed by atoms with Crippen LogP contribution in [-0.2, 0) is 20.9 Å². The van der Waals surface area contributed by atoms with Gasteiger partial charge in [0, 0.05) is 43.8 Å². The molecule has 3 aliphatic heterocycles.